The maximum Gasteiger partial charge on any atom is 0.356 e. The summed E-state index contributed by atoms with van der Waals surface area (Å²) in [5.41, 5.74) is -0.161. The van der Waals surface area contributed by atoms with E-state index in [1.807, 2.05) is 0 Å². The van der Waals surface area contributed by atoms with Crippen LogP contribution in [0.15, 0.2) is 12.1 Å². The maximum absolute atomic E-state index is 10.7. The number of hydrogen-bond donors (Lipinski definition) is 2. The molecular formula is C10H9ClN2O2. The van der Waals surface area contributed by atoms with Gasteiger partial charge in [0.15, 0.2) is 5.69 Å². The average molecular weight is 225 g/mol. The average Bonchev–Trinajstić information content (AvgIpc) is 2.20. The number of nitrogens with zero attached hydrogens (tertiary/aromatic N) is 1. The molecule has 4 nitrogen and oxygen atoms in total. The maximum atomic E-state index is 10.7. The van der Waals surface area contributed by atoms with Crippen molar-refractivity contribution in [3.63, 3.8) is 0 Å². The van der Waals surface area contributed by atoms with Crippen LogP contribution in [-0.4, -0.2) is 22.6 Å². The smallest absolute Gasteiger partial charge is 0.356 e. The number of carboxylic acid groups (broad SMARTS) is 1. The number of hydrogen-bond acceptors (Lipinski definition) is 3. The van der Waals surface area contributed by atoms with E-state index < -0.39 is 5.97 Å². The van der Waals surface area contributed by atoms with Gasteiger partial charge in [-0.15, -0.1) is 5.92 Å². The molecule has 1 aromatic rings. The first-order valence-corrected chi connectivity index (χ1v) is 4.56. The van der Waals surface area contributed by atoms with Crippen LogP contribution in [0.4, 0.5) is 5.82 Å². The largest absolute Gasteiger partial charge is 0.476 e. The van der Waals surface area contributed by atoms with Gasteiger partial charge in [-0.2, -0.15) is 0 Å². The van der Waals surface area contributed by atoms with Gasteiger partial charge in [0, 0.05) is 0 Å². The molecule has 78 valence electrons. The third-order valence-corrected chi connectivity index (χ3v) is 1.89. The molecule has 0 aliphatic carbocycles. The Balaban J connectivity index is 2.86. The number of nitrogens with one attached hydrogen (secondary N) is 1. The van der Waals surface area contributed by atoms with Crippen LogP contribution in [0.3, 0.4) is 0 Å². The van der Waals surface area contributed by atoms with Gasteiger partial charge >= 0.3 is 5.97 Å². The molecule has 5 heteroatoms. The minimum atomic E-state index is -1.15. The van der Waals surface area contributed by atoms with Crippen molar-refractivity contribution >= 4 is 23.4 Å². The molecule has 0 aromatic carbocycles. The molecular weight excluding hydrogens is 216 g/mol. The van der Waals surface area contributed by atoms with Crippen LogP contribution in [0.1, 0.15) is 17.4 Å². The normalized spacial score (nSPS) is 8.93. The molecule has 0 atom stereocenters. The number of carboxylic acids is 1. The summed E-state index contributed by atoms with van der Waals surface area (Å²) in [7, 11) is 0. The Hall–Kier alpha value is -1.73. The Morgan fingerprint density at radius 3 is 3.00 bits per heavy atom. The molecule has 1 aromatic heterocycles. The zero-order valence-electron chi connectivity index (χ0n) is 8.04. The molecule has 0 amide bonds. The highest BCUT2D eigenvalue weighted by atomic mass is 35.5. The van der Waals surface area contributed by atoms with Crippen molar-refractivity contribution in [1.82, 2.24) is 4.98 Å². The lowest BCUT2D eigenvalue weighted by Gasteiger charge is -2.03. The predicted octanol–water partition coefficient (Wildman–Crippen LogP) is 1.87. The van der Waals surface area contributed by atoms with Gasteiger partial charge in [0.1, 0.15) is 5.82 Å². The number of carbonyl (C=O) groups is 1. The van der Waals surface area contributed by atoms with Gasteiger partial charge in [0.2, 0.25) is 0 Å². The topological polar surface area (TPSA) is 62.2 Å². The van der Waals surface area contributed by atoms with E-state index in [2.05, 4.69) is 22.1 Å². The van der Waals surface area contributed by atoms with Gasteiger partial charge in [-0.3, -0.25) is 0 Å². The molecule has 2 N–H and O–H groups in total. The van der Waals surface area contributed by atoms with Crippen molar-refractivity contribution in [3.05, 3.63) is 22.8 Å². The van der Waals surface area contributed by atoms with Gasteiger partial charge in [-0.05, 0) is 19.1 Å². The third-order valence-electron chi connectivity index (χ3n) is 1.58. The Kier molecular flexibility index (Phi) is 3.95. The van der Waals surface area contributed by atoms with Crippen molar-refractivity contribution < 1.29 is 9.90 Å². The number of anilines is 1. The second-order valence-corrected chi connectivity index (χ2v) is 3.02. The number of halogens is 1. The number of aromatic carboxylic acids is 1. The monoisotopic (exact) mass is 224 g/mol. The standard InChI is InChI=1S/C10H9ClN2O2/c1-2-3-6-12-8-5-4-7(11)9(13-8)10(14)15/h4-5H,6H2,1H3,(H,12,13)(H,14,15). The summed E-state index contributed by atoms with van der Waals surface area (Å²) in [5.74, 6) is 4.78. The van der Waals surface area contributed by atoms with E-state index in [0.29, 0.717) is 12.4 Å². The molecule has 0 radical (unpaired) electrons. The third kappa shape index (κ3) is 3.15. The fraction of sp³-hybridized carbons (Fsp3) is 0.200. The summed E-state index contributed by atoms with van der Waals surface area (Å²) in [6.45, 7) is 2.14. The van der Waals surface area contributed by atoms with Crippen LogP contribution in [0.25, 0.3) is 0 Å². The lowest BCUT2D eigenvalue weighted by atomic mass is 10.3. The van der Waals surface area contributed by atoms with E-state index in [0.717, 1.165) is 0 Å². The lowest BCUT2D eigenvalue weighted by Crippen LogP contribution is -2.06. The molecule has 0 aliphatic heterocycles. The summed E-state index contributed by atoms with van der Waals surface area (Å²) in [5, 5.41) is 11.7. The molecule has 0 unspecified atom stereocenters. The highest BCUT2D eigenvalue weighted by molar-refractivity contribution is 6.33. The van der Waals surface area contributed by atoms with Gasteiger partial charge in [-0.1, -0.05) is 17.5 Å². The Bertz CT molecular complexity index is 435. The van der Waals surface area contributed by atoms with E-state index in [9.17, 15) is 4.79 Å². The molecule has 1 rings (SSSR count). The van der Waals surface area contributed by atoms with E-state index in [1.54, 1.807) is 13.0 Å². The van der Waals surface area contributed by atoms with Crippen LogP contribution in [0.2, 0.25) is 5.02 Å². The van der Waals surface area contributed by atoms with Crippen LogP contribution >= 0.6 is 11.6 Å². The van der Waals surface area contributed by atoms with E-state index in [4.69, 9.17) is 16.7 Å². The van der Waals surface area contributed by atoms with E-state index in [-0.39, 0.29) is 10.7 Å². The van der Waals surface area contributed by atoms with Crippen molar-refractivity contribution in [3.8, 4) is 11.8 Å². The molecule has 0 saturated carbocycles. The van der Waals surface area contributed by atoms with Gasteiger partial charge in [0.05, 0.1) is 11.6 Å². The second-order valence-electron chi connectivity index (χ2n) is 2.61. The molecule has 0 bridgehead atoms. The molecule has 15 heavy (non-hydrogen) atoms. The Morgan fingerprint density at radius 2 is 2.40 bits per heavy atom. The SMILES string of the molecule is CC#CCNc1ccc(Cl)c(C(=O)O)n1. The Labute approximate surface area is 92.3 Å². The summed E-state index contributed by atoms with van der Waals surface area (Å²) in [4.78, 5) is 14.5. The zero-order chi connectivity index (χ0) is 11.3. The second kappa shape index (κ2) is 5.23. The van der Waals surface area contributed by atoms with Crippen molar-refractivity contribution in [1.29, 1.82) is 0 Å². The van der Waals surface area contributed by atoms with Crippen molar-refractivity contribution in [2.75, 3.05) is 11.9 Å². The van der Waals surface area contributed by atoms with Gasteiger partial charge in [0.25, 0.3) is 0 Å². The summed E-state index contributed by atoms with van der Waals surface area (Å²) in [6.07, 6.45) is 0. The summed E-state index contributed by atoms with van der Waals surface area (Å²) >= 11 is 5.65. The van der Waals surface area contributed by atoms with Gasteiger partial charge < -0.3 is 10.4 Å². The molecule has 0 saturated heterocycles. The minimum absolute atomic E-state index is 0.120. The van der Waals surface area contributed by atoms with Crippen LogP contribution in [-0.2, 0) is 0 Å². The van der Waals surface area contributed by atoms with Crippen LogP contribution in [0, 0.1) is 11.8 Å². The van der Waals surface area contributed by atoms with E-state index in [1.165, 1.54) is 6.07 Å². The first-order valence-electron chi connectivity index (χ1n) is 4.18. The number of aromatic nitrogens is 1. The highest BCUT2D eigenvalue weighted by Crippen LogP contribution is 2.16. The first kappa shape index (κ1) is 11.3. The predicted molar refractivity (Wildman–Crippen MR) is 58.1 cm³/mol. The Morgan fingerprint density at radius 1 is 1.67 bits per heavy atom. The fourth-order valence-corrected chi connectivity index (χ4v) is 1.10. The molecule has 1 heterocycles. The quantitative estimate of drug-likeness (QED) is 0.770. The van der Waals surface area contributed by atoms with Crippen molar-refractivity contribution in [2.45, 2.75) is 6.92 Å². The number of pyridine rings is 1. The fourth-order valence-electron chi connectivity index (χ4n) is 0.914. The zero-order valence-corrected chi connectivity index (χ0v) is 8.80. The van der Waals surface area contributed by atoms with Gasteiger partial charge in [-0.25, -0.2) is 9.78 Å². The van der Waals surface area contributed by atoms with Crippen LogP contribution < -0.4 is 5.32 Å². The van der Waals surface area contributed by atoms with E-state index >= 15 is 0 Å². The first-order chi connectivity index (χ1) is 7.15. The molecule has 0 fully saturated rings. The summed E-state index contributed by atoms with van der Waals surface area (Å²) < 4.78 is 0. The number of rotatable bonds is 3. The molecule has 0 spiro atoms. The van der Waals surface area contributed by atoms with Crippen molar-refractivity contribution in [2.24, 2.45) is 0 Å². The highest BCUT2D eigenvalue weighted by Gasteiger charge is 2.10. The van der Waals surface area contributed by atoms with Crippen LogP contribution in [0.5, 0.6) is 0 Å². The lowest BCUT2D eigenvalue weighted by molar-refractivity contribution is 0.0691. The summed E-state index contributed by atoms with van der Waals surface area (Å²) in [6, 6.07) is 3.09. The minimum Gasteiger partial charge on any atom is -0.476 e. The molecule has 0 aliphatic rings.